The van der Waals surface area contributed by atoms with Crippen LogP contribution in [0.5, 0.6) is 0 Å². The Morgan fingerprint density at radius 3 is 2.41 bits per heavy atom. The lowest BCUT2D eigenvalue weighted by molar-refractivity contribution is 0.589. The minimum Gasteiger partial charge on any atom is -0.367 e. The fraction of sp³-hybridized carbons (Fsp3) is 0.211. The molecule has 0 bridgehead atoms. The second-order valence-electron chi connectivity index (χ2n) is 5.65. The number of aromatic nitrogens is 1. The molecule has 1 aliphatic rings. The Hall–Kier alpha value is -2.39. The van der Waals surface area contributed by atoms with Gasteiger partial charge in [-0.3, -0.25) is 0 Å². The third kappa shape index (κ3) is 2.44. The molecule has 2 aromatic carbocycles. The molecule has 0 aliphatic carbocycles. The number of hydrogen-bond acceptors (Lipinski definition) is 3. The Labute approximate surface area is 130 Å². The van der Waals surface area contributed by atoms with Crippen LogP contribution in [-0.2, 0) is 0 Å². The van der Waals surface area contributed by atoms with Gasteiger partial charge < -0.3 is 10.2 Å². The van der Waals surface area contributed by atoms with Crippen molar-refractivity contribution in [2.24, 2.45) is 0 Å². The molecule has 3 aromatic rings. The molecular weight excluding hydrogens is 270 g/mol. The van der Waals surface area contributed by atoms with Crippen LogP contribution in [0.25, 0.3) is 22.2 Å². The van der Waals surface area contributed by atoms with Crippen LogP contribution in [0.3, 0.4) is 0 Å². The van der Waals surface area contributed by atoms with Gasteiger partial charge in [0, 0.05) is 37.1 Å². The van der Waals surface area contributed by atoms with E-state index in [1.807, 2.05) is 0 Å². The molecule has 0 amide bonds. The van der Waals surface area contributed by atoms with Crippen molar-refractivity contribution in [2.45, 2.75) is 0 Å². The van der Waals surface area contributed by atoms with Crippen LogP contribution in [-0.4, -0.2) is 31.2 Å². The summed E-state index contributed by atoms with van der Waals surface area (Å²) in [6.07, 6.45) is 0. The average Bonchev–Trinajstić information content (AvgIpc) is 2.62. The minimum absolute atomic E-state index is 1.03. The van der Waals surface area contributed by atoms with Gasteiger partial charge >= 0.3 is 0 Å². The summed E-state index contributed by atoms with van der Waals surface area (Å²) in [6.45, 7) is 4.11. The zero-order valence-corrected chi connectivity index (χ0v) is 12.5. The van der Waals surface area contributed by atoms with Crippen molar-refractivity contribution in [1.29, 1.82) is 0 Å². The molecule has 0 unspecified atom stereocenters. The molecule has 22 heavy (non-hydrogen) atoms. The second kappa shape index (κ2) is 5.78. The monoisotopic (exact) mass is 289 g/mol. The second-order valence-corrected chi connectivity index (χ2v) is 5.65. The average molecular weight is 289 g/mol. The Balaban J connectivity index is 1.91. The lowest BCUT2D eigenvalue weighted by Gasteiger charge is -2.31. The van der Waals surface area contributed by atoms with Crippen molar-refractivity contribution in [2.75, 3.05) is 31.1 Å². The first-order chi connectivity index (χ1) is 10.9. The number of benzene rings is 2. The standard InChI is InChI=1S/C19H19N3/c1-2-6-15(7-3-1)19-18(22-12-10-20-11-13-22)14-16-8-4-5-9-17(16)21-19/h1-9,14,20H,10-13H2. The first kappa shape index (κ1) is 13.3. The number of anilines is 1. The SMILES string of the molecule is c1ccc(-c2nc3ccccc3cc2N2CCNCC2)cc1. The molecule has 2 heterocycles. The molecule has 3 nitrogen and oxygen atoms in total. The van der Waals surface area contributed by atoms with Gasteiger partial charge in [0.05, 0.1) is 16.9 Å². The third-order valence-electron chi connectivity index (χ3n) is 4.21. The fourth-order valence-electron chi connectivity index (χ4n) is 3.06. The summed E-state index contributed by atoms with van der Waals surface area (Å²) >= 11 is 0. The molecule has 1 fully saturated rings. The van der Waals surface area contributed by atoms with E-state index >= 15 is 0 Å². The van der Waals surface area contributed by atoms with Crippen molar-refractivity contribution < 1.29 is 0 Å². The Morgan fingerprint density at radius 1 is 0.864 bits per heavy atom. The van der Waals surface area contributed by atoms with E-state index in [9.17, 15) is 0 Å². The predicted molar refractivity (Wildman–Crippen MR) is 92.3 cm³/mol. The predicted octanol–water partition coefficient (Wildman–Crippen LogP) is 3.31. The number of hydrogen-bond donors (Lipinski definition) is 1. The number of para-hydroxylation sites is 1. The summed E-state index contributed by atoms with van der Waals surface area (Å²) in [5.41, 5.74) is 4.56. The fourth-order valence-corrected chi connectivity index (χ4v) is 3.06. The maximum atomic E-state index is 4.96. The Bertz CT molecular complexity index is 777. The summed E-state index contributed by atoms with van der Waals surface area (Å²) in [6, 6.07) is 21.1. The maximum absolute atomic E-state index is 4.96. The molecule has 0 radical (unpaired) electrons. The summed E-state index contributed by atoms with van der Waals surface area (Å²) in [7, 11) is 0. The van der Waals surface area contributed by atoms with Gasteiger partial charge in [-0.1, -0.05) is 48.5 Å². The van der Waals surface area contributed by atoms with Gasteiger partial charge in [-0.05, 0) is 12.1 Å². The van der Waals surface area contributed by atoms with Gasteiger partial charge in [-0.2, -0.15) is 0 Å². The molecule has 1 N–H and O–H groups in total. The Kier molecular flexibility index (Phi) is 3.49. The topological polar surface area (TPSA) is 28.2 Å². The quantitative estimate of drug-likeness (QED) is 0.784. The van der Waals surface area contributed by atoms with Crippen LogP contribution >= 0.6 is 0 Å². The molecule has 4 rings (SSSR count). The van der Waals surface area contributed by atoms with Crippen LogP contribution in [0, 0.1) is 0 Å². The normalized spacial score (nSPS) is 15.2. The maximum Gasteiger partial charge on any atom is 0.0943 e. The zero-order valence-electron chi connectivity index (χ0n) is 12.5. The summed E-state index contributed by atoms with van der Waals surface area (Å²) in [5.74, 6) is 0. The lowest BCUT2D eigenvalue weighted by Crippen LogP contribution is -2.43. The van der Waals surface area contributed by atoms with Crippen LogP contribution in [0.2, 0.25) is 0 Å². The van der Waals surface area contributed by atoms with E-state index in [1.165, 1.54) is 16.6 Å². The van der Waals surface area contributed by atoms with Crippen LogP contribution in [0.15, 0.2) is 60.7 Å². The number of nitrogens with one attached hydrogen (secondary N) is 1. The van der Waals surface area contributed by atoms with E-state index in [0.717, 1.165) is 37.4 Å². The van der Waals surface area contributed by atoms with Gasteiger partial charge in [0.25, 0.3) is 0 Å². The molecule has 0 saturated carbocycles. The summed E-state index contributed by atoms with van der Waals surface area (Å²) in [4.78, 5) is 7.40. The highest BCUT2D eigenvalue weighted by Crippen LogP contribution is 2.32. The van der Waals surface area contributed by atoms with Crippen LogP contribution in [0.4, 0.5) is 5.69 Å². The van der Waals surface area contributed by atoms with Gasteiger partial charge in [0.15, 0.2) is 0 Å². The third-order valence-corrected chi connectivity index (χ3v) is 4.21. The van der Waals surface area contributed by atoms with E-state index in [4.69, 9.17) is 4.98 Å². The smallest absolute Gasteiger partial charge is 0.0943 e. The van der Waals surface area contributed by atoms with E-state index in [2.05, 4.69) is 70.9 Å². The van der Waals surface area contributed by atoms with Gasteiger partial charge in [0.1, 0.15) is 0 Å². The van der Waals surface area contributed by atoms with Crippen molar-refractivity contribution in [3.8, 4) is 11.3 Å². The Morgan fingerprint density at radius 2 is 1.59 bits per heavy atom. The van der Waals surface area contributed by atoms with Crippen molar-refractivity contribution in [3.63, 3.8) is 0 Å². The van der Waals surface area contributed by atoms with Crippen LogP contribution in [0.1, 0.15) is 0 Å². The number of piperazine rings is 1. The molecule has 1 aliphatic heterocycles. The molecular formula is C19H19N3. The number of fused-ring (bicyclic) bond motifs is 1. The van der Waals surface area contributed by atoms with Crippen molar-refractivity contribution in [3.05, 3.63) is 60.7 Å². The van der Waals surface area contributed by atoms with E-state index in [0.29, 0.717) is 0 Å². The van der Waals surface area contributed by atoms with Crippen molar-refractivity contribution in [1.82, 2.24) is 10.3 Å². The highest BCUT2D eigenvalue weighted by atomic mass is 15.2. The largest absolute Gasteiger partial charge is 0.367 e. The lowest BCUT2D eigenvalue weighted by atomic mass is 10.1. The van der Waals surface area contributed by atoms with E-state index in [1.54, 1.807) is 0 Å². The van der Waals surface area contributed by atoms with Crippen LogP contribution < -0.4 is 10.2 Å². The van der Waals surface area contributed by atoms with Gasteiger partial charge in [-0.15, -0.1) is 0 Å². The zero-order chi connectivity index (χ0) is 14.8. The highest BCUT2D eigenvalue weighted by molar-refractivity contribution is 5.89. The number of pyridine rings is 1. The summed E-state index contributed by atoms with van der Waals surface area (Å²) < 4.78 is 0. The molecule has 110 valence electrons. The first-order valence-electron chi connectivity index (χ1n) is 7.83. The van der Waals surface area contributed by atoms with Gasteiger partial charge in [0.2, 0.25) is 0 Å². The van der Waals surface area contributed by atoms with E-state index < -0.39 is 0 Å². The minimum atomic E-state index is 1.03. The first-order valence-corrected chi connectivity index (χ1v) is 7.83. The van der Waals surface area contributed by atoms with E-state index in [-0.39, 0.29) is 0 Å². The van der Waals surface area contributed by atoms with Crippen molar-refractivity contribution >= 4 is 16.6 Å². The summed E-state index contributed by atoms with van der Waals surface area (Å²) in [5, 5.41) is 4.62. The molecule has 3 heteroatoms. The number of rotatable bonds is 2. The molecule has 0 atom stereocenters. The molecule has 1 saturated heterocycles. The molecule has 1 aromatic heterocycles. The molecule has 0 spiro atoms. The highest BCUT2D eigenvalue weighted by Gasteiger charge is 2.17. The van der Waals surface area contributed by atoms with Gasteiger partial charge in [-0.25, -0.2) is 4.98 Å². The number of nitrogens with zero attached hydrogens (tertiary/aromatic N) is 2.